The summed E-state index contributed by atoms with van der Waals surface area (Å²) in [5.41, 5.74) is 2.60. The Kier molecular flexibility index (Phi) is 4.50. The molecule has 7 nitrogen and oxygen atoms in total. The lowest BCUT2D eigenvalue weighted by atomic mass is 10.1. The van der Waals surface area contributed by atoms with Crippen molar-refractivity contribution in [3.05, 3.63) is 42.2 Å². The van der Waals surface area contributed by atoms with Gasteiger partial charge in [0, 0.05) is 43.6 Å². The number of likely N-dealkylation sites (N-methyl/N-ethyl adjacent to an activating group) is 1. The van der Waals surface area contributed by atoms with E-state index in [4.69, 9.17) is 0 Å². The van der Waals surface area contributed by atoms with E-state index in [2.05, 4.69) is 15.7 Å². The maximum absolute atomic E-state index is 12.2. The van der Waals surface area contributed by atoms with E-state index in [-0.39, 0.29) is 18.0 Å². The van der Waals surface area contributed by atoms with Crippen molar-refractivity contribution in [3.63, 3.8) is 0 Å². The molecular formula is C17H21N5O2. The third-order valence-corrected chi connectivity index (χ3v) is 4.14. The molecule has 3 amide bonds. The first-order valence-corrected chi connectivity index (χ1v) is 7.95. The van der Waals surface area contributed by atoms with Gasteiger partial charge in [-0.25, -0.2) is 9.48 Å². The number of amides is 3. The molecule has 0 spiro atoms. The molecule has 0 bridgehead atoms. The molecule has 1 aromatic heterocycles. The summed E-state index contributed by atoms with van der Waals surface area (Å²) in [5, 5.41) is 10.0. The summed E-state index contributed by atoms with van der Waals surface area (Å²) in [6.07, 6.45) is 2.88. The molecule has 1 saturated heterocycles. The van der Waals surface area contributed by atoms with Crippen molar-refractivity contribution in [3.8, 4) is 5.69 Å². The van der Waals surface area contributed by atoms with Gasteiger partial charge in [-0.1, -0.05) is 6.07 Å². The van der Waals surface area contributed by atoms with Crippen LogP contribution in [-0.2, 0) is 4.79 Å². The van der Waals surface area contributed by atoms with Gasteiger partial charge in [-0.15, -0.1) is 0 Å². The van der Waals surface area contributed by atoms with Gasteiger partial charge in [-0.3, -0.25) is 4.79 Å². The van der Waals surface area contributed by atoms with E-state index in [1.54, 1.807) is 18.1 Å². The molecule has 1 atom stereocenters. The molecule has 0 saturated carbocycles. The number of carbonyl (C=O) groups excluding carboxylic acids is 2. The molecule has 2 aromatic rings. The number of likely N-dealkylation sites (tertiary alicyclic amines) is 1. The first-order valence-electron chi connectivity index (χ1n) is 7.95. The number of rotatable bonds is 3. The van der Waals surface area contributed by atoms with Gasteiger partial charge in [-0.05, 0) is 37.6 Å². The molecule has 3 rings (SSSR count). The quantitative estimate of drug-likeness (QED) is 0.904. The number of benzene rings is 1. The number of piperidine rings is 1. The summed E-state index contributed by atoms with van der Waals surface area (Å²) in [5.74, 6) is 0.121. The van der Waals surface area contributed by atoms with Crippen LogP contribution in [0.5, 0.6) is 0 Å². The van der Waals surface area contributed by atoms with Crippen molar-refractivity contribution in [2.24, 2.45) is 0 Å². The third kappa shape index (κ3) is 3.56. The van der Waals surface area contributed by atoms with Crippen LogP contribution in [0.4, 0.5) is 10.5 Å². The average molecular weight is 327 g/mol. The highest BCUT2D eigenvalue weighted by atomic mass is 16.2. The van der Waals surface area contributed by atoms with E-state index >= 15 is 0 Å². The van der Waals surface area contributed by atoms with Gasteiger partial charge in [0.15, 0.2) is 0 Å². The Morgan fingerprint density at radius 2 is 2.17 bits per heavy atom. The van der Waals surface area contributed by atoms with Crippen LogP contribution in [0.3, 0.4) is 0 Å². The number of aromatic nitrogens is 2. The number of anilines is 1. The van der Waals surface area contributed by atoms with Crippen molar-refractivity contribution in [2.45, 2.75) is 25.8 Å². The van der Waals surface area contributed by atoms with Gasteiger partial charge in [0.25, 0.3) is 0 Å². The summed E-state index contributed by atoms with van der Waals surface area (Å²) in [4.78, 5) is 25.3. The lowest BCUT2D eigenvalue weighted by Crippen LogP contribution is -2.49. The Hall–Kier alpha value is -2.83. The first kappa shape index (κ1) is 16.0. The lowest BCUT2D eigenvalue weighted by Gasteiger charge is -2.30. The van der Waals surface area contributed by atoms with E-state index in [1.807, 2.05) is 41.9 Å². The minimum absolute atomic E-state index is 0.0238. The second-order valence-electron chi connectivity index (χ2n) is 6.04. The van der Waals surface area contributed by atoms with E-state index in [1.165, 1.54) is 0 Å². The van der Waals surface area contributed by atoms with E-state index in [9.17, 15) is 9.59 Å². The minimum Gasteiger partial charge on any atom is -0.344 e. The maximum atomic E-state index is 12.2. The summed E-state index contributed by atoms with van der Waals surface area (Å²) < 4.78 is 1.81. The Balaban J connectivity index is 1.63. The van der Waals surface area contributed by atoms with Crippen molar-refractivity contribution in [2.75, 3.05) is 18.9 Å². The zero-order chi connectivity index (χ0) is 17.1. The standard InChI is InChI=1S/C17H21N5O2/c1-12-8-9-18-22(12)15-5-3-4-13(10-15)19-17(24)20-14-6-7-16(23)21(2)11-14/h3-5,8-10,14H,6-7,11H2,1-2H3,(H2,19,20,24)/t14-/m0/s1. The van der Waals surface area contributed by atoms with Crippen LogP contribution < -0.4 is 10.6 Å². The summed E-state index contributed by atoms with van der Waals surface area (Å²) in [7, 11) is 1.75. The molecule has 2 N–H and O–H groups in total. The van der Waals surface area contributed by atoms with Gasteiger partial charge in [-0.2, -0.15) is 5.10 Å². The topological polar surface area (TPSA) is 79.3 Å². The number of carbonyl (C=O) groups is 2. The number of hydrogen-bond acceptors (Lipinski definition) is 3. The summed E-state index contributed by atoms with van der Waals surface area (Å²) in [6.45, 7) is 2.51. The highest BCUT2D eigenvalue weighted by Crippen LogP contribution is 2.16. The Morgan fingerprint density at radius 3 is 2.88 bits per heavy atom. The van der Waals surface area contributed by atoms with Crippen molar-refractivity contribution < 1.29 is 9.59 Å². The molecule has 2 heterocycles. The fourth-order valence-electron chi connectivity index (χ4n) is 2.84. The van der Waals surface area contributed by atoms with Crippen molar-refractivity contribution in [1.29, 1.82) is 0 Å². The van der Waals surface area contributed by atoms with Crippen molar-refractivity contribution in [1.82, 2.24) is 20.0 Å². The van der Waals surface area contributed by atoms with E-state index in [0.717, 1.165) is 11.4 Å². The molecule has 1 fully saturated rings. The predicted molar refractivity (Wildman–Crippen MR) is 91.1 cm³/mol. The van der Waals surface area contributed by atoms with Crippen LogP contribution >= 0.6 is 0 Å². The number of urea groups is 1. The molecule has 0 aliphatic carbocycles. The first-order chi connectivity index (χ1) is 11.5. The summed E-state index contributed by atoms with van der Waals surface area (Å²) in [6, 6.07) is 9.15. The van der Waals surface area contributed by atoms with Gasteiger partial charge < -0.3 is 15.5 Å². The normalized spacial score (nSPS) is 17.7. The lowest BCUT2D eigenvalue weighted by molar-refractivity contribution is -0.132. The van der Waals surface area contributed by atoms with Gasteiger partial charge in [0.05, 0.1) is 5.69 Å². The minimum atomic E-state index is -0.267. The monoisotopic (exact) mass is 327 g/mol. The van der Waals surface area contributed by atoms with Gasteiger partial charge in [0.1, 0.15) is 0 Å². The Bertz CT molecular complexity index is 755. The fourth-order valence-corrected chi connectivity index (χ4v) is 2.84. The average Bonchev–Trinajstić information content (AvgIpc) is 2.97. The third-order valence-electron chi connectivity index (χ3n) is 4.14. The Labute approximate surface area is 140 Å². The fraction of sp³-hybridized carbons (Fsp3) is 0.353. The van der Waals surface area contributed by atoms with Crippen LogP contribution in [-0.4, -0.2) is 46.3 Å². The molecule has 126 valence electrons. The van der Waals surface area contributed by atoms with Crippen LogP contribution in [0.25, 0.3) is 5.69 Å². The van der Waals surface area contributed by atoms with E-state index in [0.29, 0.717) is 25.1 Å². The number of aryl methyl sites for hydroxylation is 1. The van der Waals surface area contributed by atoms with Crippen LogP contribution in [0.1, 0.15) is 18.5 Å². The highest BCUT2D eigenvalue weighted by molar-refractivity contribution is 5.90. The SMILES string of the molecule is Cc1ccnn1-c1cccc(NC(=O)N[C@H]2CCC(=O)N(C)C2)c1. The molecule has 1 aliphatic rings. The molecule has 1 aromatic carbocycles. The highest BCUT2D eigenvalue weighted by Gasteiger charge is 2.23. The maximum Gasteiger partial charge on any atom is 0.319 e. The van der Waals surface area contributed by atoms with Crippen molar-refractivity contribution >= 4 is 17.6 Å². The zero-order valence-electron chi connectivity index (χ0n) is 13.8. The second kappa shape index (κ2) is 6.74. The van der Waals surface area contributed by atoms with Crippen LogP contribution in [0.2, 0.25) is 0 Å². The number of hydrogen-bond donors (Lipinski definition) is 2. The van der Waals surface area contributed by atoms with Crippen LogP contribution in [0, 0.1) is 6.92 Å². The van der Waals surface area contributed by atoms with E-state index < -0.39 is 0 Å². The predicted octanol–water partition coefficient (Wildman–Crippen LogP) is 1.92. The number of nitrogens with zero attached hydrogens (tertiary/aromatic N) is 3. The van der Waals surface area contributed by atoms with Gasteiger partial charge >= 0.3 is 6.03 Å². The Morgan fingerprint density at radius 1 is 1.33 bits per heavy atom. The molecular weight excluding hydrogens is 306 g/mol. The van der Waals surface area contributed by atoms with Crippen LogP contribution in [0.15, 0.2) is 36.5 Å². The largest absolute Gasteiger partial charge is 0.344 e. The molecule has 0 radical (unpaired) electrons. The number of nitrogens with one attached hydrogen (secondary N) is 2. The molecule has 0 unspecified atom stereocenters. The molecule has 1 aliphatic heterocycles. The zero-order valence-corrected chi connectivity index (χ0v) is 13.8. The molecule has 7 heteroatoms. The van der Waals surface area contributed by atoms with Gasteiger partial charge in [0.2, 0.25) is 5.91 Å². The molecule has 24 heavy (non-hydrogen) atoms. The smallest absolute Gasteiger partial charge is 0.319 e. The second-order valence-corrected chi connectivity index (χ2v) is 6.04. The summed E-state index contributed by atoms with van der Waals surface area (Å²) >= 11 is 0.